The third-order valence-electron chi connectivity index (χ3n) is 3.03. The van der Waals surface area contributed by atoms with Crippen LogP contribution in [0.1, 0.15) is 32.2 Å². The summed E-state index contributed by atoms with van der Waals surface area (Å²) in [7, 11) is 0. The first-order valence-electron chi connectivity index (χ1n) is 5.72. The zero-order valence-electron chi connectivity index (χ0n) is 9.47. The van der Waals surface area contributed by atoms with Crippen LogP contribution in [0.15, 0.2) is 30.9 Å². The molecule has 0 radical (unpaired) electrons. The van der Waals surface area contributed by atoms with Gasteiger partial charge in [-0.1, -0.05) is 6.08 Å². The summed E-state index contributed by atoms with van der Waals surface area (Å²) in [6.07, 6.45) is 12.2. The van der Waals surface area contributed by atoms with Crippen LogP contribution >= 0.6 is 0 Å². The maximum Gasteiger partial charge on any atom is 0.243 e. The van der Waals surface area contributed by atoms with Gasteiger partial charge in [-0.3, -0.25) is 4.79 Å². The molecule has 16 heavy (non-hydrogen) atoms. The summed E-state index contributed by atoms with van der Waals surface area (Å²) in [4.78, 5) is 15.5. The third kappa shape index (κ3) is 2.32. The predicted molar refractivity (Wildman–Crippen MR) is 61.9 cm³/mol. The second-order valence-electron chi connectivity index (χ2n) is 4.12. The molecule has 0 aromatic carbocycles. The van der Waals surface area contributed by atoms with E-state index in [2.05, 4.69) is 14.9 Å². The molecule has 2 atom stereocenters. The van der Waals surface area contributed by atoms with Crippen molar-refractivity contribution in [2.24, 2.45) is 0 Å². The lowest BCUT2D eigenvalue weighted by Crippen LogP contribution is -2.37. The van der Waals surface area contributed by atoms with E-state index >= 15 is 0 Å². The van der Waals surface area contributed by atoms with Crippen molar-refractivity contribution >= 4 is 5.91 Å². The number of nitrogens with one attached hydrogen (secondary N) is 1. The molecule has 0 aliphatic heterocycles. The molecule has 2 unspecified atom stereocenters. The van der Waals surface area contributed by atoms with Gasteiger partial charge in [-0.05, 0) is 32.3 Å². The Labute approximate surface area is 95.4 Å². The molecule has 4 heteroatoms. The van der Waals surface area contributed by atoms with Crippen LogP contribution in [-0.2, 0) is 4.79 Å². The summed E-state index contributed by atoms with van der Waals surface area (Å²) >= 11 is 0. The van der Waals surface area contributed by atoms with E-state index in [1.165, 1.54) is 0 Å². The Bertz CT molecular complexity index is 370. The topological polar surface area (TPSA) is 46.9 Å². The van der Waals surface area contributed by atoms with E-state index in [4.69, 9.17) is 0 Å². The van der Waals surface area contributed by atoms with Crippen LogP contribution in [-0.4, -0.2) is 21.5 Å². The molecule has 0 spiro atoms. The van der Waals surface area contributed by atoms with Crippen molar-refractivity contribution < 1.29 is 4.79 Å². The first-order chi connectivity index (χ1) is 7.81. The minimum atomic E-state index is -0.000449. The fraction of sp³-hybridized carbons (Fsp3) is 0.500. The zero-order valence-corrected chi connectivity index (χ0v) is 9.47. The number of aromatic nitrogens is 2. The van der Waals surface area contributed by atoms with E-state index in [9.17, 15) is 4.79 Å². The molecule has 4 nitrogen and oxygen atoms in total. The van der Waals surface area contributed by atoms with Crippen molar-refractivity contribution in [2.45, 2.75) is 38.3 Å². The standard InChI is InChI=1S/C12H17N3O/c1-2-4-12(16)14-10-5-3-6-11(10)15-8-7-13-9-15/h2,4,7-11H,3,5-6H2,1H3,(H,14,16). The van der Waals surface area contributed by atoms with Crippen molar-refractivity contribution in [3.05, 3.63) is 30.9 Å². The number of allylic oxidation sites excluding steroid dienone is 1. The summed E-state index contributed by atoms with van der Waals surface area (Å²) in [6.45, 7) is 1.85. The highest BCUT2D eigenvalue weighted by Gasteiger charge is 2.28. The van der Waals surface area contributed by atoms with E-state index in [0.29, 0.717) is 6.04 Å². The highest BCUT2D eigenvalue weighted by atomic mass is 16.1. The number of amides is 1. The van der Waals surface area contributed by atoms with E-state index in [1.807, 2.05) is 19.4 Å². The summed E-state index contributed by atoms with van der Waals surface area (Å²) in [5.74, 6) is -0.000449. The minimum absolute atomic E-state index is 0.000449. The van der Waals surface area contributed by atoms with Gasteiger partial charge in [0.1, 0.15) is 0 Å². The van der Waals surface area contributed by atoms with E-state index in [1.54, 1.807) is 18.3 Å². The van der Waals surface area contributed by atoms with Crippen LogP contribution in [0, 0.1) is 0 Å². The lowest BCUT2D eigenvalue weighted by atomic mass is 10.1. The number of imidazole rings is 1. The van der Waals surface area contributed by atoms with Gasteiger partial charge < -0.3 is 9.88 Å². The molecule has 1 aliphatic rings. The second kappa shape index (κ2) is 4.96. The summed E-state index contributed by atoms with van der Waals surface area (Å²) < 4.78 is 2.09. The molecule has 1 fully saturated rings. The number of hydrogen-bond acceptors (Lipinski definition) is 2. The highest BCUT2D eigenvalue weighted by Crippen LogP contribution is 2.29. The number of rotatable bonds is 3. The molecular weight excluding hydrogens is 202 g/mol. The van der Waals surface area contributed by atoms with Crippen molar-refractivity contribution in [1.29, 1.82) is 0 Å². The maximum absolute atomic E-state index is 11.5. The molecule has 1 aliphatic carbocycles. The van der Waals surface area contributed by atoms with Crippen LogP contribution < -0.4 is 5.32 Å². The molecule has 2 rings (SSSR count). The van der Waals surface area contributed by atoms with Gasteiger partial charge in [-0.2, -0.15) is 0 Å². The molecule has 1 amide bonds. The Kier molecular flexibility index (Phi) is 3.39. The largest absolute Gasteiger partial charge is 0.348 e. The molecule has 1 aromatic rings. The molecule has 86 valence electrons. The lowest BCUT2D eigenvalue weighted by molar-refractivity contribution is -0.117. The number of hydrogen-bond donors (Lipinski definition) is 1. The minimum Gasteiger partial charge on any atom is -0.348 e. The van der Waals surface area contributed by atoms with Gasteiger partial charge in [0.15, 0.2) is 0 Å². The van der Waals surface area contributed by atoms with Crippen LogP contribution in [0.5, 0.6) is 0 Å². The quantitative estimate of drug-likeness (QED) is 0.786. The molecule has 0 bridgehead atoms. The van der Waals surface area contributed by atoms with Crippen LogP contribution in [0.25, 0.3) is 0 Å². The van der Waals surface area contributed by atoms with Crippen LogP contribution in [0.4, 0.5) is 0 Å². The number of carbonyl (C=O) groups excluding carboxylic acids is 1. The Balaban J connectivity index is 2.01. The van der Waals surface area contributed by atoms with Gasteiger partial charge in [0.25, 0.3) is 0 Å². The zero-order chi connectivity index (χ0) is 11.4. The van der Waals surface area contributed by atoms with Crippen molar-refractivity contribution in [3.8, 4) is 0 Å². The summed E-state index contributed by atoms with van der Waals surface area (Å²) in [6, 6.07) is 0.592. The number of carbonyl (C=O) groups is 1. The van der Waals surface area contributed by atoms with E-state index in [-0.39, 0.29) is 11.9 Å². The Morgan fingerprint density at radius 3 is 3.12 bits per heavy atom. The molecule has 1 aromatic heterocycles. The SMILES string of the molecule is CC=CC(=O)NC1CCCC1n1ccnc1. The Morgan fingerprint density at radius 2 is 2.44 bits per heavy atom. The predicted octanol–water partition coefficient (Wildman–Crippen LogP) is 1.67. The fourth-order valence-electron chi connectivity index (χ4n) is 2.31. The molecule has 1 N–H and O–H groups in total. The average molecular weight is 219 g/mol. The molecule has 1 heterocycles. The van der Waals surface area contributed by atoms with Crippen LogP contribution in [0.3, 0.4) is 0 Å². The van der Waals surface area contributed by atoms with Gasteiger partial charge in [-0.25, -0.2) is 4.98 Å². The fourth-order valence-corrected chi connectivity index (χ4v) is 2.31. The van der Waals surface area contributed by atoms with E-state index in [0.717, 1.165) is 19.3 Å². The molecule has 0 saturated heterocycles. The van der Waals surface area contributed by atoms with Crippen LogP contribution in [0.2, 0.25) is 0 Å². The van der Waals surface area contributed by atoms with Crippen molar-refractivity contribution in [2.75, 3.05) is 0 Å². The number of nitrogens with zero attached hydrogens (tertiary/aromatic N) is 2. The first kappa shape index (κ1) is 10.9. The summed E-state index contributed by atoms with van der Waals surface area (Å²) in [5, 5.41) is 3.04. The van der Waals surface area contributed by atoms with Gasteiger partial charge in [0.2, 0.25) is 5.91 Å². The second-order valence-corrected chi connectivity index (χ2v) is 4.12. The van der Waals surface area contributed by atoms with Crippen molar-refractivity contribution in [1.82, 2.24) is 14.9 Å². The van der Waals surface area contributed by atoms with E-state index < -0.39 is 0 Å². The normalized spacial score (nSPS) is 25.1. The third-order valence-corrected chi connectivity index (χ3v) is 3.03. The summed E-state index contributed by atoms with van der Waals surface area (Å²) in [5.41, 5.74) is 0. The average Bonchev–Trinajstić information content (AvgIpc) is 2.86. The first-order valence-corrected chi connectivity index (χ1v) is 5.72. The van der Waals surface area contributed by atoms with Gasteiger partial charge >= 0.3 is 0 Å². The maximum atomic E-state index is 11.5. The molecule has 1 saturated carbocycles. The van der Waals surface area contributed by atoms with Gasteiger partial charge in [0.05, 0.1) is 12.4 Å². The highest BCUT2D eigenvalue weighted by molar-refractivity contribution is 5.87. The van der Waals surface area contributed by atoms with Gasteiger partial charge in [-0.15, -0.1) is 0 Å². The smallest absolute Gasteiger partial charge is 0.243 e. The monoisotopic (exact) mass is 219 g/mol. The van der Waals surface area contributed by atoms with Gasteiger partial charge in [0, 0.05) is 18.4 Å². The Morgan fingerprint density at radius 1 is 1.56 bits per heavy atom. The molecular formula is C12H17N3O. The Hall–Kier alpha value is -1.58. The van der Waals surface area contributed by atoms with Crippen molar-refractivity contribution in [3.63, 3.8) is 0 Å². The lowest BCUT2D eigenvalue weighted by Gasteiger charge is -2.21.